The summed E-state index contributed by atoms with van der Waals surface area (Å²) in [5.74, 6) is 1.66. The average Bonchev–Trinajstić information content (AvgIpc) is 2.75. The molecule has 2 aromatic heterocycles. The summed E-state index contributed by atoms with van der Waals surface area (Å²) in [6, 6.07) is 5.36. The predicted molar refractivity (Wildman–Crippen MR) is 62.1 cm³/mol. The lowest BCUT2D eigenvalue weighted by Crippen LogP contribution is -2.20. The average molecular weight is 228 g/mol. The highest BCUT2D eigenvalue weighted by Gasteiger charge is 2.07. The monoisotopic (exact) mass is 228 g/mol. The molecule has 2 heterocycles. The number of imidazole rings is 1. The number of anilines is 1. The van der Waals surface area contributed by atoms with Gasteiger partial charge in [-0.25, -0.2) is 4.98 Å². The van der Waals surface area contributed by atoms with E-state index in [-0.39, 0.29) is 0 Å². The van der Waals surface area contributed by atoms with Gasteiger partial charge in [0.1, 0.15) is 11.9 Å². The van der Waals surface area contributed by atoms with E-state index in [1.165, 1.54) is 0 Å². The first-order chi connectivity index (χ1) is 8.20. The van der Waals surface area contributed by atoms with E-state index >= 15 is 0 Å². The van der Waals surface area contributed by atoms with Crippen LogP contribution >= 0.6 is 0 Å². The summed E-state index contributed by atoms with van der Waals surface area (Å²) < 4.78 is 1.95. The highest BCUT2D eigenvalue weighted by Crippen LogP contribution is 2.10. The standard InChI is InChI=1S/C11H12N6/c1-16-6-5-13-11(16)8-17(2)10-4-3-9(7-12)14-15-10/h3-6H,8H2,1-2H3. The number of hydrogen-bond acceptors (Lipinski definition) is 5. The first kappa shape index (κ1) is 11.1. The van der Waals surface area contributed by atoms with E-state index in [2.05, 4.69) is 15.2 Å². The van der Waals surface area contributed by atoms with Crippen molar-refractivity contribution in [2.45, 2.75) is 6.54 Å². The van der Waals surface area contributed by atoms with Crippen LogP contribution in [-0.4, -0.2) is 26.8 Å². The van der Waals surface area contributed by atoms with E-state index in [0.717, 1.165) is 5.82 Å². The number of hydrogen-bond donors (Lipinski definition) is 0. The fourth-order valence-electron chi connectivity index (χ4n) is 1.43. The van der Waals surface area contributed by atoms with E-state index in [4.69, 9.17) is 5.26 Å². The summed E-state index contributed by atoms with van der Waals surface area (Å²) in [6.07, 6.45) is 3.65. The minimum absolute atomic E-state index is 0.319. The summed E-state index contributed by atoms with van der Waals surface area (Å²) >= 11 is 0. The zero-order chi connectivity index (χ0) is 12.3. The maximum atomic E-state index is 8.63. The van der Waals surface area contributed by atoms with Gasteiger partial charge in [0.05, 0.1) is 6.54 Å². The molecule has 0 saturated carbocycles. The number of aromatic nitrogens is 4. The highest BCUT2D eigenvalue weighted by atomic mass is 15.3. The molecule has 6 heteroatoms. The fraction of sp³-hybridized carbons (Fsp3) is 0.273. The molecule has 0 amide bonds. The lowest BCUT2D eigenvalue weighted by Gasteiger charge is -2.16. The summed E-state index contributed by atoms with van der Waals surface area (Å²) in [5.41, 5.74) is 0.319. The first-order valence-electron chi connectivity index (χ1n) is 5.12. The van der Waals surface area contributed by atoms with E-state index in [1.54, 1.807) is 18.3 Å². The topological polar surface area (TPSA) is 70.6 Å². The van der Waals surface area contributed by atoms with Crippen LogP contribution in [0.4, 0.5) is 5.82 Å². The van der Waals surface area contributed by atoms with Crippen LogP contribution in [0.3, 0.4) is 0 Å². The molecule has 0 unspecified atom stereocenters. The zero-order valence-corrected chi connectivity index (χ0v) is 9.70. The third-order valence-electron chi connectivity index (χ3n) is 2.46. The molecule has 0 radical (unpaired) electrons. The molecule has 0 fully saturated rings. The molecule has 0 bridgehead atoms. The van der Waals surface area contributed by atoms with Gasteiger partial charge < -0.3 is 9.47 Å². The van der Waals surface area contributed by atoms with Crippen molar-refractivity contribution < 1.29 is 0 Å². The molecule has 0 atom stereocenters. The molecule has 2 aromatic rings. The summed E-state index contributed by atoms with van der Waals surface area (Å²) in [4.78, 5) is 6.16. The Hall–Kier alpha value is -2.42. The Morgan fingerprint density at radius 3 is 2.76 bits per heavy atom. The Balaban J connectivity index is 2.12. The normalized spacial score (nSPS) is 9.94. The maximum Gasteiger partial charge on any atom is 0.163 e. The molecule has 6 nitrogen and oxygen atoms in total. The maximum absolute atomic E-state index is 8.63. The van der Waals surface area contributed by atoms with Crippen molar-refractivity contribution in [3.8, 4) is 6.07 Å². The van der Waals surface area contributed by atoms with Crippen LogP contribution in [0.1, 0.15) is 11.5 Å². The van der Waals surface area contributed by atoms with Crippen molar-refractivity contribution in [2.24, 2.45) is 7.05 Å². The Bertz CT molecular complexity index is 536. The van der Waals surface area contributed by atoms with Crippen molar-refractivity contribution in [2.75, 3.05) is 11.9 Å². The number of aryl methyl sites for hydroxylation is 1. The third-order valence-corrected chi connectivity index (χ3v) is 2.46. The molecule has 0 aliphatic heterocycles. The molecular weight excluding hydrogens is 216 g/mol. The largest absolute Gasteiger partial charge is 0.351 e. The SMILES string of the molecule is CN(Cc1nccn1C)c1ccc(C#N)nn1. The van der Waals surface area contributed by atoms with E-state index < -0.39 is 0 Å². The molecule has 0 aliphatic carbocycles. The van der Waals surface area contributed by atoms with Crippen molar-refractivity contribution >= 4 is 5.82 Å². The minimum atomic E-state index is 0.319. The van der Waals surface area contributed by atoms with Gasteiger partial charge in [-0.3, -0.25) is 0 Å². The molecule has 0 aromatic carbocycles. The van der Waals surface area contributed by atoms with E-state index in [0.29, 0.717) is 18.1 Å². The Morgan fingerprint density at radius 1 is 1.41 bits per heavy atom. The second-order valence-corrected chi connectivity index (χ2v) is 3.70. The molecular formula is C11H12N6. The second-order valence-electron chi connectivity index (χ2n) is 3.70. The van der Waals surface area contributed by atoms with Crippen LogP contribution in [0.15, 0.2) is 24.5 Å². The molecule has 0 spiro atoms. The Kier molecular flexibility index (Phi) is 3.01. The molecule has 17 heavy (non-hydrogen) atoms. The van der Waals surface area contributed by atoms with Crippen molar-refractivity contribution in [1.82, 2.24) is 19.7 Å². The predicted octanol–water partition coefficient (Wildman–Crippen LogP) is 0.718. The van der Waals surface area contributed by atoms with Gasteiger partial charge in [-0.2, -0.15) is 5.26 Å². The van der Waals surface area contributed by atoms with Gasteiger partial charge in [0, 0.05) is 26.5 Å². The van der Waals surface area contributed by atoms with Gasteiger partial charge in [0.2, 0.25) is 0 Å². The Labute approximate surface area is 99.1 Å². The van der Waals surface area contributed by atoms with Crippen LogP contribution in [0.5, 0.6) is 0 Å². The molecule has 0 aliphatic rings. The minimum Gasteiger partial charge on any atom is -0.351 e. The number of nitrogens with zero attached hydrogens (tertiary/aromatic N) is 6. The summed E-state index contributed by atoms with van der Waals surface area (Å²) in [7, 11) is 3.85. The van der Waals surface area contributed by atoms with Crippen LogP contribution in [-0.2, 0) is 13.6 Å². The number of rotatable bonds is 3. The summed E-state index contributed by atoms with van der Waals surface area (Å²) in [6.45, 7) is 0.643. The molecule has 86 valence electrons. The zero-order valence-electron chi connectivity index (χ0n) is 9.70. The fourth-order valence-corrected chi connectivity index (χ4v) is 1.43. The van der Waals surface area contributed by atoms with Gasteiger partial charge in [0.25, 0.3) is 0 Å². The molecule has 2 rings (SSSR count). The number of nitriles is 1. The van der Waals surface area contributed by atoms with Crippen molar-refractivity contribution in [3.63, 3.8) is 0 Å². The van der Waals surface area contributed by atoms with Gasteiger partial charge in [0.15, 0.2) is 11.5 Å². The van der Waals surface area contributed by atoms with Crippen LogP contribution in [0.25, 0.3) is 0 Å². The van der Waals surface area contributed by atoms with Gasteiger partial charge in [-0.05, 0) is 12.1 Å². The lowest BCUT2D eigenvalue weighted by atomic mass is 10.4. The first-order valence-corrected chi connectivity index (χ1v) is 5.12. The van der Waals surface area contributed by atoms with E-state index in [1.807, 2.05) is 35.8 Å². The van der Waals surface area contributed by atoms with Crippen molar-refractivity contribution in [3.05, 3.63) is 36.0 Å². The lowest BCUT2D eigenvalue weighted by molar-refractivity contribution is 0.749. The highest BCUT2D eigenvalue weighted by molar-refractivity contribution is 5.38. The van der Waals surface area contributed by atoms with Crippen LogP contribution in [0, 0.1) is 11.3 Å². The van der Waals surface area contributed by atoms with Crippen molar-refractivity contribution in [1.29, 1.82) is 5.26 Å². The molecule has 0 N–H and O–H groups in total. The van der Waals surface area contributed by atoms with Gasteiger partial charge >= 0.3 is 0 Å². The van der Waals surface area contributed by atoms with Crippen LogP contribution in [0.2, 0.25) is 0 Å². The van der Waals surface area contributed by atoms with Gasteiger partial charge in [-0.1, -0.05) is 0 Å². The quantitative estimate of drug-likeness (QED) is 0.774. The van der Waals surface area contributed by atoms with Crippen LogP contribution < -0.4 is 4.90 Å². The second kappa shape index (κ2) is 4.61. The third kappa shape index (κ3) is 2.39. The smallest absolute Gasteiger partial charge is 0.163 e. The van der Waals surface area contributed by atoms with Gasteiger partial charge in [-0.15, -0.1) is 10.2 Å². The van der Waals surface area contributed by atoms with E-state index in [9.17, 15) is 0 Å². The summed E-state index contributed by atoms with van der Waals surface area (Å²) in [5, 5.41) is 16.4. The Morgan fingerprint density at radius 2 is 2.24 bits per heavy atom. The molecule has 0 saturated heterocycles.